The smallest absolute Gasteiger partial charge is 0.305 e. The molecule has 0 aromatic rings. The molecule has 1 aliphatic rings. The van der Waals surface area contributed by atoms with Crippen molar-refractivity contribution in [2.75, 3.05) is 19.6 Å². The van der Waals surface area contributed by atoms with E-state index in [2.05, 4.69) is 10.6 Å². The molecule has 3 N–H and O–H groups in total. The van der Waals surface area contributed by atoms with Crippen LogP contribution in [-0.2, 0) is 9.59 Å². The summed E-state index contributed by atoms with van der Waals surface area (Å²) in [6.07, 6.45) is 0.838. The lowest BCUT2D eigenvalue weighted by Crippen LogP contribution is -2.33. The van der Waals surface area contributed by atoms with Crippen molar-refractivity contribution in [3.63, 3.8) is 0 Å². The fourth-order valence-corrected chi connectivity index (χ4v) is 1.32. The summed E-state index contributed by atoms with van der Waals surface area (Å²) in [4.78, 5) is 21.4. The number of carbonyl (C=O) groups excluding carboxylic acids is 1. The van der Waals surface area contributed by atoms with E-state index in [0.717, 1.165) is 13.0 Å². The van der Waals surface area contributed by atoms with E-state index >= 15 is 0 Å². The lowest BCUT2D eigenvalue weighted by atomic mass is 10.1. The third-order valence-corrected chi connectivity index (χ3v) is 2.07. The fraction of sp³-hybridized carbons (Fsp3) is 0.750. The van der Waals surface area contributed by atoms with E-state index in [4.69, 9.17) is 5.11 Å². The quantitative estimate of drug-likeness (QED) is 0.536. The average Bonchev–Trinajstić information content (AvgIpc) is 2.55. The van der Waals surface area contributed by atoms with Crippen LogP contribution in [0.1, 0.15) is 12.8 Å². The van der Waals surface area contributed by atoms with Gasteiger partial charge >= 0.3 is 5.97 Å². The molecule has 13 heavy (non-hydrogen) atoms. The Morgan fingerprint density at radius 2 is 2.31 bits per heavy atom. The fourth-order valence-electron chi connectivity index (χ4n) is 1.32. The molecular weight excluding hydrogens is 172 g/mol. The standard InChI is InChI=1S/C8H14N2O3/c11-7(12)2-4-10-8(13)6-1-3-9-5-6/h6,9H,1-5H2,(H,10,13)(H,11,12). The Bertz CT molecular complexity index is 200. The van der Waals surface area contributed by atoms with E-state index in [9.17, 15) is 9.59 Å². The summed E-state index contributed by atoms with van der Waals surface area (Å²) >= 11 is 0. The Morgan fingerprint density at radius 3 is 2.85 bits per heavy atom. The maximum atomic E-state index is 11.3. The topological polar surface area (TPSA) is 78.4 Å². The summed E-state index contributed by atoms with van der Waals surface area (Å²) in [6, 6.07) is 0. The minimum Gasteiger partial charge on any atom is -0.481 e. The minimum absolute atomic E-state index is 0.00805. The van der Waals surface area contributed by atoms with Crippen LogP contribution < -0.4 is 10.6 Å². The van der Waals surface area contributed by atoms with Crippen LogP contribution in [0.25, 0.3) is 0 Å². The molecule has 1 amide bonds. The number of hydrogen-bond donors (Lipinski definition) is 3. The van der Waals surface area contributed by atoms with Crippen molar-refractivity contribution >= 4 is 11.9 Å². The van der Waals surface area contributed by atoms with Crippen molar-refractivity contribution in [3.8, 4) is 0 Å². The Labute approximate surface area is 76.5 Å². The third-order valence-electron chi connectivity index (χ3n) is 2.07. The normalized spacial score (nSPS) is 21.4. The van der Waals surface area contributed by atoms with Gasteiger partial charge in [-0.1, -0.05) is 0 Å². The van der Waals surface area contributed by atoms with Gasteiger partial charge in [-0.25, -0.2) is 0 Å². The largest absolute Gasteiger partial charge is 0.481 e. The molecule has 0 radical (unpaired) electrons. The summed E-state index contributed by atoms with van der Waals surface area (Å²) in [5.41, 5.74) is 0. The Hall–Kier alpha value is -1.10. The van der Waals surface area contributed by atoms with Crippen LogP contribution in [0, 0.1) is 5.92 Å². The number of hydrogen-bond acceptors (Lipinski definition) is 3. The molecule has 1 heterocycles. The van der Waals surface area contributed by atoms with E-state index in [1.54, 1.807) is 0 Å². The highest BCUT2D eigenvalue weighted by molar-refractivity contribution is 5.79. The predicted molar refractivity (Wildman–Crippen MR) is 46.2 cm³/mol. The van der Waals surface area contributed by atoms with Crippen LogP contribution in [0.2, 0.25) is 0 Å². The molecule has 0 aromatic carbocycles. The predicted octanol–water partition coefficient (Wildman–Crippen LogP) is -0.813. The van der Waals surface area contributed by atoms with Gasteiger partial charge in [0.2, 0.25) is 5.91 Å². The molecule has 0 aliphatic carbocycles. The molecule has 1 saturated heterocycles. The van der Waals surface area contributed by atoms with Crippen molar-refractivity contribution in [2.24, 2.45) is 5.92 Å². The number of aliphatic carboxylic acids is 1. The number of carboxylic acid groups (broad SMARTS) is 1. The van der Waals surface area contributed by atoms with Crippen LogP contribution in [0.4, 0.5) is 0 Å². The van der Waals surface area contributed by atoms with Gasteiger partial charge in [0, 0.05) is 13.1 Å². The second-order valence-electron chi connectivity index (χ2n) is 3.12. The van der Waals surface area contributed by atoms with Gasteiger partial charge < -0.3 is 15.7 Å². The van der Waals surface area contributed by atoms with Gasteiger partial charge in [-0.2, -0.15) is 0 Å². The Balaban J connectivity index is 2.13. The first-order valence-electron chi connectivity index (χ1n) is 4.40. The minimum atomic E-state index is -0.884. The SMILES string of the molecule is O=C(O)CCNC(=O)C1CCNC1. The van der Waals surface area contributed by atoms with Crippen LogP contribution >= 0.6 is 0 Å². The zero-order chi connectivity index (χ0) is 9.68. The van der Waals surface area contributed by atoms with Gasteiger partial charge in [-0.15, -0.1) is 0 Å². The molecule has 1 aliphatic heterocycles. The number of amides is 1. The summed E-state index contributed by atoms with van der Waals surface area (Å²) < 4.78 is 0. The second kappa shape index (κ2) is 4.81. The van der Waals surface area contributed by atoms with Gasteiger partial charge in [0.15, 0.2) is 0 Å². The molecule has 1 fully saturated rings. The summed E-state index contributed by atoms with van der Waals surface area (Å²) in [7, 11) is 0. The highest BCUT2D eigenvalue weighted by Crippen LogP contribution is 2.06. The van der Waals surface area contributed by atoms with Crippen molar-refractivity contribution < 1.29 is 14.7 Å². The van der Waals surface area contributed by atoms with Crippen LogP contribution in [0.3, 0.4) is 0 Å². The van der Waals surface area contributed by atoms with Crippen molar-refractivity contribution in [1.82, 2.24) is 10.6 Å². The lowest BCUT2D eigenvalue weighted by molar-refractivity contribution is -0.137. The monoisotopic (exact) mass is 186 g/mol. The first kappa shape index (κ1) is 9.98. The molecule has 1 atom stereocenters. The zero-order valence-electron chi connectivity index (χ0n) is 7.38. The van der Waals surface area contributed by atoms with E-state index < -0.39 is 5.97 Å². The number of carbonyl (C=O) groups is 2. The number of carboxylic acids is 1. The van der Waals surface area contributed by atoms with Gasteiger partial charge in [0.1, 0.15) is 0 Å². The van der Waals surface area contributed by atoms with E-state index in [1.807, 2.05) is 0 Å². The molecule has 1 rings (SSSR count). The molecule has 0 aromatic heterocycles. The lowest BCUT2D eigenvalue weighted by Gasteiger charge is -2.07. The van der Waals surface area contributed by atoms with E-state index in [1.165, 1.54) is 0 Å². The Kier molecular flexibility index (Phi) is 3.70. The molecule has 5 nitrogen and oxygen atoms in total. The molecular formula is C8H14N2O3. The average molecular weight is 186 g/mol. The highest BCUT2D eigenvalue weighted by Gasteiger charge is 2.21. The van der Waals surface area contributed by atoms with Gasteiger partial charge in [0.25, 0.3) is 0 Å². The third kappa shape index (κ3) is 3.42. The summed E-state index contributed by atoms with van der Waals surface area (Å²) in [5.74, 6) is -0.898. The van der Waals surface area contributed by atoms with Crippen LogP contribution in [0.15, 0.2) is 0 Å². The molecule has 5 heteroatoms. The van der Waals surface area contributed by atoms with Crippen molar-refractivity contribution in [2.45, 2.75) is 12.8 Å². The molecule has 74 valence electrons. The zero-order valence-corrected chi connectivity index (χ0v) is 7.38. The van der Waals surface area contributed by atoms with Crippen molar-refractivity contribution in [1.29, 1.82) is 0 Å². The summed E-state index contributed by atoms with van der Waals surface area (Å²) in [5, 5.41) is 14.0. The highest BCUT2D eigenvalue weighted by atomic mass is 16.4. The molecule has 0 bridgehead atoms. The van der Waals surface area contributed by atoms with E-state index in [0.29, 0.717) is 6.54 Å². The Morgan fingerprint density at radius 1 is 1.54 bits per heavy atom. The van der Waals surface area contributed by atoms with Crippen LogP contribution in [0.5, 0.6) is 0 Å². The number of rotatable bonds is 4. The summed E-state index contributed by atoms with van der Waals surface area (Å²) in [6.45, 7) is 1.81. The van der Waals surface area contributed by atoms with Gasteiger partial charge in [0.05, 0.1) is 12.3 Å². The number of nitrogens with one attached hydrogen (secondary N) is 2. The molecule has 1 unspecified atom stereocenters. The van der Waals surface area contributed by atoms with E-state index in [-0.39, 0.29) is 24.8 Å². The second-order valence-corrected chi connectivity index (χ2v) is 3.12. The molecule has 0 spiro atoms. The van der Waals surface area contributed by atoms with Gasteiger partial charge in [-0.3, -0.25) is 9.59 Å². The van der Waals surface area contributed by atoms with Crippen LogP contribution in [-0.4, -0.2) is 36.6 Å². The van der Waals surface area contributed by atoms with Crippen molar-refractivity contribution in [3.05, 3.63) is 0 Å². The maximum absolute atomic E-state index is 11.3. The maximum Gasteiger partial charge on any atom is 0.305 e. The molecule has 0 saturated carbocycles. The first-order chi connectivity index (χ1) is 6.20. The first-order valence-corrected chi connectivity index (χ1v) is 4.40. The van der Waals surface area contributed by atoms with Gasteiger partial charge in [-0.05, 0) is 13.0 Å².